The van der Waals surface area contributed by atoms with Crippen molar-refractivity contribution in [2.75, 3.05) is 13.7 Å². The number of aliphatic hydroxyl groups is 1. The number of aliphatic imine (C=N–C) groups is 1. The number of carbonyl (C=O) groups is 1. The summed E-state index contributed by atoms with van der Waals surface area (Å²) in [6.07, 6.45) is 0.266. The van der Waals surface area contributed by atoms with Gasteiger partial charge >= 0.3 is 0 Å². The molecule has 4 N–H and O–H groups in total. The zero-order valence-corrected chi connectivity index (χ0v) is 10.9. The van der Waals surface area contributed by atoms with E-state index in [1.165, 1.54) is 6.92 Å². The van der Waals surface area contributed by atoms with Gasteiger partial charge in [0.1, 0.15) is 11.6 Å². The number of hydrogen-bond acceptors (Lipinski definition) is 5. The molecule has 2 rings (SSSR count). The SMILES string of the molecule is COc1ccc2c(c1)C(O)(CCNC(C)=O)C(N)=N2. The van der Waals surface area contributed by atoms with Crippen LogP contribution in [0.25, 0.3) is 0 Å². The van der Waals surface area contributed by atoms with Crippen molar-refractivity contribution >= 4 is 17.4 Å². The van der Waals surface area contributed by atoms with Crippen LogP contribution >= 0.6 is 0 Å². The van der Waals surface area contributed by atoms with Gasteiger partial charge in [0, 0.05) is 25.5 Å². The first-order chi connectivity index (χ1) is 8.97. The van der Waals surface area contributed by atoms with Crippen LogP contribution in [-0.4, -0.2) is 30.5 Å². The number of hydrogen-bond donors (Lipinski definition) is 3. The predicted molar refractivity (Wildman–Crippen MR) is 71.5 cm³/mol. The highest BCUT2D eigenvalue weighted by Crippen LogP contribution is 2.41. The average Bonchev–Trinajstić information content (AvgIpc) is 2.61. The maximum Gasteiger partial charge on any atom is 0.216 e. The van der Waals surface area contributed by atoms with Gasteiger partial charge in [-0.1, -0.05) is 0 Å². The molecule has 1 amide bonds. The Kier molecular flexibility index (Phi) is 3.44. The molecule has 1 unspecified atom stereocenters. The van der Waals surface area contributed by atoms with E-state index >= 15 is 0 Å². The molecule has 1 aromatic carbocycles. The van der Waals surface area contributed by atoms with Crippen LogP contribution < -0.4 is 15.8 Å². The van der Waals surface area contributed by atoms with Gasteiger partial charge in [-0.05, 0) is 18.2 Å². The molecule has 0 fully saturated rings. The van der Waals surface area contributed by atoms with Gasteiger partial charge in [0.15, 0.2) is 5.60 Å². The molecule has 102 valence electrons. The van der Waals surface area contributed by atoms with E-state index < -0.39 is 5.60 Å². The monoisotopic (exact) mass is 263 g/mol. The van der Waals surface area contributed by atoms with E-state index in [1.54, 1.807) is 25.3 Å². The first-order valence-electron chi connectivity index (χ1n) is 5.97. The summed E-state index contributed by atoms with van der Waals surface area (Å²) in [5.74, 6) is 0.616. The Morgan fingerprint density at radius 2 is 2.32 bits per heavy atom. The van der Waals surface area contributed by atoms with E-state index in [2.05, 4.69) is 10.3 Å². The van der Waals surface area contributed by atoms with Crippen LogP contribution in [0, 0.1) is 0 Å². The van der Waals surface area contributed by atoms with E-state index in [0.29, 0.717) is 23.5 Å². The highest BCUT2D eigenvalue weighted by atomic mass is 16.5. The lowest BCUT2D eigenvalue weighted by molar-refractivity contribution is -0.119. The fraction of sp³-hybridized carbons (Fsp3) is 0.385. The van der Waals surface area contributed by atoms with Gasteiger partial charge in [-0.25, -0.2) is 4.99 Å². The fourth-order valence-electron chi connectivity index (χ4n) is 2.11. The Labute approximate surface area is 111 Å². The van der Waals surface area contributed by atoms with E-state index in [0.717, 1.165) is 0 Å². The van der Waals surface area contributed by atoms with Gasteiger partial charge in [0.25, 0.3) is 0 Å². The van der Waals surface area contributed by atoms with E-state index in [4.69, 9.17) is 10.5 Å². The van der Waals surface area contributed by atoms with Gasteiger partial charge in [-0.15, -0.1) is 0 Å². The van der Waals surface area contributed by atoms with Crippen LogP contribution in [0.4, 0.5) is 5.69 Å². The number of nitrogens with two attached hydrogens (primary N) is 1. The maximum absolute atomic E-state index is 10.9. The zero-order valence-electron chi connectivity index (χ0n) is 10.9. The highest BCUT2D eigenvalue weighted by molar-refractivity contribution is 5.97. The van der Waals surface area contributed by atoms with E-state index in [1.807, 2.05) is 0 Å². The molecule has 0 saturated carbocycles. The van der Waals surface area contributed by atoms with Crippen LogP contribution in [-0.2, 0) is 10.4 Å². The molecule has 19 heavy (non-hydrogen) atoms. The molecular weight excluding hydrogens is 246 g/mol. The number of amidine groups is 1. The molecule has 1 atom stereocenters. The number of methoxy groups -OCH3 is 1. The summed E-state index contributed by atoms with van der Waals surface area (Å²) >= 11 is 0. The number of carbonyl (C=O) groups excluding carboxylic acids is 1. The van der Waals surface area contributed by atoms with Gasteiger partial charge < -0.3 is 20.9 Å². The quantitative estimate of drug-likeness (QED) is 0.733. The summed E-state index contributed by atoms with van der Waals surface area (Å²) in [4.78, 5) is 15.0. The Bertz CT molecular complexity index is 542. The summed E-state index contributed by atoms with van der Waals surface area (Å²) in [5.41, 5.74) is 5.70. The first-order valence-corrected chi connectivity index (χ1v) is 5.97. The molecule has 0 aliphatic carbocycles. The van der Waals surface area contributed by atoms with Crippen LogP contribution in [0.3, 0.4) is 0 Å². The third-order valence-corrected chi connectivity index (χ3v) is 3.17. The Morgan fingerprint density at radius 3 is 2.95 bits per heavy atom. The summed E-state index contributed by atoms with van der Waals surface area (Å²) in [5, 5.41) is 13.3. The van der Waals surface area contributed by atoms with Gasteiger partial charge in [0.2, 0.25) is 5.91 Å². The van der Waals surface area contributed by atoms with Crippen LogP contribution in [0.5, 0.6) is 5.75 Å². The normalized spacial score (nSPS) is 20.7. The largest absolute Gasteiger partial charge is 0.497 e. The van der Waals surface area contributed by atoms with Crippen molar-refractivity contribution in [2.45, 2.75) is 18.9 Å². The van der Waals surface area contributed by atoms with E-state index in [-0.39, 0.29) is 18.2 Å². The number of rotatable bonds is 4. The molecule has 1 aliphatic rings. The summed E-state index contributed by atoms with van der Waals surface area (Å²) in [6, 6.07) is 5.22. The van der Waals surface area contributed by atoms with E-state index in [9.17, 15) is 9.90 Å². The van der Waals surface area contributed by atoms with Crippen molar-refractivity contribution in [3.05, 3.63) is 23.8 Å². The topological polar surface area (TPSA) is 96.9 Å². The molecule has 1 aliphatic heterocycles. The minimum absolute atomic E-state index is 0.140. The minimum Gasteiger partial charge on any atom is -0.497 e. The zero-order chi connectivity index (χ0) is 14.0. The van der Waals surface area contributed by atoms with Gasteiger partial charge in [0.05, 0.1) is 12.8 Å². The van der Waals surface area contributed by atoms with Crippen LogP contribution in [0.2, 0.25) is 0 Å². The maximum atomic E-state index is 10.9. The predicted octanol–water partition coefficient (Wildman–Crippen LogP) is 0.411. The van der Waals surface area contributed by atoms with Crippen LogP contribution in [0.15, 0.2) is 23.2 Å². The molecule has 0 saturated heterocycles. The number of fused-ring (bicyclic) bond motifs is 1. The van der Waals surface area contributed by atoms with Crippen molar-refractivity contribution in [1.29, 1.82) is 0 Å². The van der Waals surface area contributed by atoms with Crippen molar-refractivity contribution in [2.24, 2.45) is 10.7 Å². The first kappa shape index (κ1) is 13.4. The smallest absolute Gasteiger partial charge is 0.216 e. The number of nitrogens with zero attached hydrogens (tertiary/aromatic N) is 1. The second kappa shape index (κ2) is 4.89. The molecule has 6 nitrogen and oxygen atoms in total. The van der Waals surface area contributed by atoms with Crippen molar-refractivity contribution in [3.63, 3.8) is 0 Å². The van der Waals surface area contributed by atoms with Gasteiger partial charge in [-0.3, -0.25) is 4.79 Å². The minimum atomic E-state index is -1.35. The summed E-state index contributed by atoms with van der Waals surface area (Å²) in [6.45, 7) is 1.74. The summed E-state index contributed by atoms with van der Waals surface area (Å²) < 4.78 is 5.14. The Morgan fingerprint density at radius 1 is 1.58 bits per heavy atom. The number of ether oxygens (including phenoxy) is 1. The molecule has 1 heterocycles. The molecule has 1 aromatic rings. The van der Waals surface area contributed by atoms with Crippen molar-refractivity contribution < 1.29 is 14.6 Å². The lowest BCUT2D eigenvalue weighted by Crippen LogP contribution is -2.41. The highest BCUT2D eigenvalue weighted by Gasteiger charge is 2.40. The molecule has 0 aromatic heterocycles. The van der Waals surface area contributed by atoms with Crippen LogP contribution in [0.1, 0.15) is 18.9 Å². The second-order valence-electron chi connectivity index (χ2n) is 4.47. The molecule has 0 bridgehead atoms. The molecular formula is C13H17N3O3. The van der Waals surface area contributed by atoms with Gasteiger partial charge in [-0.2, -0.15) is 0 Å². The molecule has 0 radical (unpaired) electrons. The van der Waals surface area contributed by atoms with Crippen molar-refractivity contribution in [3.8, 4) is 5.75 Å². The van der Waals surface area contributed by atoms with Crippen molar-refractivity contribution in [1.82, 2.24) is 5.32 Å². The number of amides is 1. The lowest BCUT2D eigenvalue weighted by atomic mass is 9.90. The molecule has 0 spiro atoms. The Balaban J connectivity index is 2.26. The third-order valence-electron chi connectivity index (χ3n) is 3.17. The fourth-order valence-corrected chi connectivity index (χ4v) is 2.11. The molecule has 6 heteroatoms. The second-order valence-corrected chi connectivity index (χ2v) is 4.47. The Hall–Kier alpha value is -2.08. The standard InChI is InChI=1S/C13H17N3O3/c1-8(17)15-6-5-13(18)10-7-9(19-2)3-4-11(10)16-12(13)14/h3-4,7,18H,5-6H2,1-2H3,(H2,14,16)(H,15,17). The third kappa shape index (κ3) is 2.39. The average molecular weight is 263 g/mol. The number of benzene rings is 1. The summed E-state index contributed by atoms with van der Waals surface area (Å²) in [7, 11) is 1.55. The number of nitrogens with one attached hydrogen (secondary N) is 1. The lowest BCUT2D eigenvalue weighted by Gasteiger charge is -2.24.